The number of likely N-dealkylation sites (N-methyl/N-ethyl adjacent to an activating group) is 1. The van der Waals surface area contributed by atoms with E-state index in [1.807, 2.05) is 14.1 Å². The SMILES string of the molecule is C[NH+](C)CCN(C(=O)C1=COCCO1)c1nc2c(F)cccc2s1. The summed E-state index contributed by atoms with van der Waals surface area (Å²) in [4.78, 5) is 19.8. The van der Waals surface area contributed by atoms with Gasteiger partial charge in [-0.25, -0.2) is 9.37 Å². The minimum absolute atomic E-state index is 0.148. The van der Waals surface area contributed by atoms with E-state index >= 15 is 0 Å². The van der Waals surface area contributed by atoms with E-state index in [1.165, 1.54) is 33.5 Å². The van der Waals surface area contributed by atoms with Crippen LogP contribution in [0.15, 0.2) is 30.2 Å². The third-order valence-electron chi connectivity index (χ3n) is 3.53. The Morgan fingerprint density at radius 1 is 1.42 bits per heavy atom. The number of nitrogens with one attached hydrogen (secondary N) is 1. The predicted molar refractivity (Wildman–Crippen MR) is 89.6 cm³/mol. The largest absolute Gasteiger partial charge is 0.494 e. The Labute approximate surface area is 143 Å². The van der Waals surface area contributed by atoms with Gasteiger partial charge in [-0.15, -0.1) is 0 Å². The van der Waals surface area contributed by atoms with Gasteiger partial charge in [0.25, 0.3) is 5.91 Å². The lowest BCUT2D eigenvalue weighted by molar-refractivity contribution is -0.856. The summed E-state index contributed by atoms with van der Waals surface area (Å²) in [5.41, 5.74) is 0.280. The van der Waals surface area contributed by atoms with Crippen molar-refractivity contribution < 1.29 is 23.6 Å². The van der Waals surface area contributed by atoms with Crippen molar-refractivity contribution in [2.24, 2.45) is 0 Å². The Morgan fingerprint density at radius 2 is 2.25 bits per heavy atom. The highest BCUT2D eigenvalue weighted by Crippen LogP contribution is 2.31. The zero-order valence-corrected chi connectivity index (χ0v) is 14.4. The second kappa shape index (κ2) is 7.14. The number of carbonyl (C=O) groups is 1. The number of thiazole rings is 1. The number of aromatic nitrogens is 1. The van der Waals surface area contributed by atoms with Crippen LogP contribution in [0.4, 0.5) is 9.52 Å². The molecule has 1 aromatic heterocycles. The second-order valence-electron chi connectivity index (χ2n) is 5.70. The van der Waals surface area contributed by atoms with Crippen LogP contribution >= 0.6 is 11.3 Å². The molecule has 2 heterocycles. The van der Waals surface area contributed by atoms with Crippen molar-refractivity contribution in [3.63, 3.8) is 0 Å². The van der Waals surface area contributed by atoms with Gasteiger partial charge in [-0.3, -0.25) is 9.69 Å². The number of ether oxygens (including phenoxy) is 2. The molecule has 3 rings (SSSR count). The highest BCUT2D eigenvalue weighted by Gasteiger charge is 2.27. The molecule has 1 aliphatic heterocycles. The fourth-order valence-electron chi connectivity index (χ4n) is 2.25. The zero-order chi connectivity index (χ0) is 17.1. The fraction of sp³-hybridized carbons (Fsp3) is 0.375. The summed E-state index contributed by atoms with van der Waals surface area (Å²) in [5.74, 6) is -0.567. The minimum atomic E-state index is -0.392. The van der Waals surface area contributed by atoms with Crippen molar-refractivity contribution in [3.8, 4) is 0 Å². The first-order valence-electron chi connectivity index (χ1n) is 7.67. The first-order chi connectivity index (χ1) is 11.6. The Hall–Kier alpha value is -2.19. The third-order valence-corrected chi connectivity index (χ3v) is 4.57. The number of halogens is 1. The number of anilines is 1. The molecule has 128 valence electrons. The van der Waals surface area contributed by atoms with Crippen LogP contribution in [0.2, 0.25) is 0 Å². The maximum Gasteiger partial charge on any atom is 0.298 e. The van der Waals surface area contributed by atoms with E-state index in [0.717, 1.165) is 6.54 Å². The molecular formula is C16H19FN3O3S+. The van der Waals surface area contributed by atoms with E-state index in [0.29, 0.717) is 29.6 Å². The monoisotopic (exact) mass is 352 g/mol. The molecule has 0 bridgehead atoms. The summed E-state index contributed by atoms with van der Waals surface area (Å²) < 4.78 is 25.2. The number of hydrogen-bond donors (Lipinski definition) is 1. The summed E-state index contributed by atoms with van der Waals surface area (Å²) in [6.07, 6.45) is 1.33. The summed E-state index contributed by atoms with van der Waals surface area (Å²) >= 11 is 1.28. The minimum Gasteiger partial charge on any atom is -0.494 e. The van der Waals surface area contributed by atoms with Gasteiger partial charge in [0.2, 0.25) is 5.76 Å². The molecule has 0 spiro atoms. The van der Waals surface area contributed by atoms with E-state index < -0.39 is 5.82 Å². The lowest BCUT2D eigenvalue weighted by Crippen LogP contribution is -3.06. The topological polar surface area (TPSA) is 56.1 Å². The lowest BCUT2D eigenvalue weighted by atomic mass is 10.3. The lowest BCUT2D eigenvalue weighted by Gasteiger charge is -2.23. The molecule has 0 saturated carbocycles. The first kappa shape index (κ1) is 16.7. The number of fused-ring (bicyclic) bond motifs is 1. The maximum absolute atomic E-state index is 13.9. The Balaban J connectivity index is 1.94. The van der Waals surface area contributed by atoms with Gasteiger partial charge in [0.05, 0.1) is 31.9 Å². The summed E-state index contributed by atoms with van der Waals surface area (Å²) in [6.45, 7) is 1.92. The van der Waals surface area contributed by atoms with E-state index in [2.05, 4.69) is 4.98 Å². The molecule has 0 aliphatic carbocycles. The number of benzene rings is 1. The van der Waals surface area contributed by atoms with Crippen molar-refractivity contribution in [1.82, 2.24) is 4.98 Å². The molecule has 0 fully saturated rings. The maximum atomic E-state index is 13.9. The molecule has 6 nitrogen and oxygen atoms in total. The van der Waals surface area contributed by atoms with Gasteiger partial charge in [-0.1, -0.05) is 17.4 Å². The van der Waals surface area contributed by atoms with Gasteiger partial charge in [-0.2, -0.15) is 0 Å². The molecule has 1 amide bonds. The number of para-hydroxylation sites is 1. The van der Waals surface area contributed by atoms with Crippen LogP contribution in [-0.2, 0) is 14.3 Å². The molecule has 0 atom stereocenters. The van der Waals surface area contributed by atoms with Gasteiger partial charge in [-0.05, 0) is 12.1 Å². The molecular weight excluding hydrogens is 333 g/mol. The van der Waals surface area contributed by atoms with Gasteiger partial charge in [0.1, 0.15) is 30.8 Å². The molecule has 0 saturated heterocycles. The fourth-order valence-corrected chi connectivity index (χ4v) is 3.26. The molecule has 1 N–H and O–H groups in total. The average Bonchev–Trinajstić information content (AvgIpc) is 3.01. The van der Waals surface area contributed by atoms with Crippen LogP contribution in [0.5, 0.6) is 0 Å². The molecule has 8 heteroatoms. The van der Waals surface area contributed by atoms with Crippen LogP contribution < -0.4 is 9.80 Å². The number of rotatable bonds is 5. The quantitative estimate of drug-likeness (QED) is 0.865. The number of carbonyl (C=O) groups excluding carboxylic acids is 1. The van der Waals surface area contributed by atoms with Gasteiger partial charge < -0.3 is 14.4 Å². The van der Waals surface area contributed by atoms with Gasteiger partial charge in [0, 0.05) is 0 Å². The molecule has 2 aromatic rings. The third kappa shape index (κ3) is 3.49. The van der Waals surface area contributed by atoms with Gasteiger partial charge >= 0.3 is 0 Å². The Kier molecular flexibility index (Phi) is 4.96. The molecule has 1 aromatic carbocycles. The standard InChI is InChI=1S/C16H18FN3O3S/c1-19(2)6-7-20(15(21)12-10-22-8-9-23-12)16-18-14-11(17)4-3-5-13(14)24-16/h3-5,10H,6-9H2,1-2H3/p+1. The predicted octanol–water partition coefficient (Wildman–Crippen LogP) is 0.801. The highest BCUT2D eigenvalue weighted by molar-refractivity contribution is 7.22. The van der Waals surface area contributed by atoms with Gasteiger partial charge in [0.15, 0.2) is 5.13 Å². The average molecular weight is 352 g/mol. The van der Waals surface area contributed by atoms with E-state index in [1.54, 1.807) is 12.1 Å². The number of hydrogen-bond acceptors (Lipinski definition) is 5. The van der Waals surface area contributed by atoms with Crippen molar-refractivity contribution >= 4 is 32.6 Å². The first-order valence-corrected chi connectivity index (χ1v) is 8.48. The van der Waals surface area contributed by atoms with Crippen LogP contribution in [0, 0.1) is 5.82 Å². The number of quaternary nitrogens is 1. The number of amides is 1. The van der Waals surface area contributed by atoms with E-state index in [-0.39, 0.29) is 17.2 Å². The van der Waals surface area contributed by atoms with Crippen LogP contribution in [0.25, 0.3) is 10.2 Å². The molecule has 1 aliphatic rings. The van der Waals surface area contributed by atoms with Crippen LogP contribution in [-0.4, -0.2) is 51.3 Å². The summed E-state index contributed by atoms with van der Waals surface area (Å²) in [6, 6.07) is 4.79. The summed E-state index contributed by atoms with van der Waals surface area (Å²) in [5, 5.41) is 0.455. The van der Waals surface area contributed by atoms with Crippen molar-refractivity contribution in [3.05, 3.63) is 36.0 Å². The Bertz CT molecular complexity index is 775. The van der Waals surface area contributed by atoms with E-state index in [9.17, 15) is 9.18 Å². The molecule has 0 unspecified atom stereocenters. The second-order valence-corrected chi connectivity index (χ2v) is 6.71. The number of nitrogens with zero attached hydrogens (tertiary/aromatic N) is 2. The van der Waals surface area contributed by atoms with Crippen LogP contribution in [0.1, 0.15) is 0 Å². The van der Waals surface area contributed by atoms with E-state index in [4.69, 9.17) is 9.47 Å². The Morgan fingerprint density at radius 3 is 2.92 bits per heavy atom. The van der Waals surface area contributed by atoms with Crippen molar-refractivity contribution in [1.29, 1.82) is 0 Å². The normalized spacial score (nSPS) is 14.2. The molecule has 24 heavy (non-hydrogen) atoms. The van der Waals surface area contributed by atoms with Crippen LogP contribution in [0.3, 0.4) is 0 Å². The zero-order valence-electron chi connectivity index (χ0n) is 13.5. The van der Waals surface area contributed by atoms with Crippen molar-refractivity contribution in [2.45, 2.75) is 0 Å². The smallest absolute Gasteiger partial charge is 0.298 e. The highest BCUT2D eigenvalue weighted by atomic mass is 32.1. The van der Waals surface area contributed by atoms with Crippen molar-refractivity contribution in [2.75, 3.05) is 45.3 Å². The molecule has 0 radical (unpaired) electrons. The summed E-state index contributed by atoms with van der Waals surface area (Å²) in [7, 11) is 4.00.